The lowest BCUT2D eigenvalue weighted by Gasteiger charge is -2.13. The summed E-state index contributed by atoms with van der Waals surface area (Å²) in [6.45, 7) is 2.71. The summed E-state index contributed by atoms with van der Waals surface area (Å²) in [4.78, 5) is 12.7. The summed E-state index contributed by atoms with van der Waals surface area (Å²) in [5.74, 6) is 2.90. The second-order valence-corrected chi connectivity index (χ2v) is 6.02. The number of carbonyl (C=O) groups excluding carboxylic acids is 1. The van der Waals surface area contributed by atoms with Gasteiger partial charge in [-0.2, -0.15) is 0 Å². The molecule has 3 aromatic carbocycles. The van der Waals surface area contributed by atoms with Gasteiger partial charge < -0.3 is 24.3 Å². The van der Waals surface area contributed by atoms with Crippen molar-refractivity contribution in [3.63, 3.8) is 0 Å². The van der Waals surface area contributed by atoms with Gasteiger partial charge in [0.25, 0.3) is 5.91 Å². The zero-order valence-corrected chi connectivity index (χ0v) is 15.3. The fourth-order valence-corrected chi connectivity index (χ4v) is 2.79. The van der Waals surface area contributed by atoms with Crippen LogP contribution in [-0.2, 0) is 0 Å². The van der Waals surface area contributed by atoms with E-state index in [0.29, 0.717) is 40.9 Å². The van der Waals surface area contributed by atoms with E-state index in [-0.39, 0.29) is 12.7 Å². The fourth-order valence-electron chi connectivity index (χ4n) is 2.79. The molecule has 0 unspecified atom stereocenters. The van der Waals surface area contributed by atoms with Crippen LogP contribution in [0.25, 0.3) is 0 Å². The molecule has 28 heavy (non-hydrogen) atoms. The van der Waals surface area contributed by atoms with Crippen LogP contribution in [0.5, 0.6) is 28.7 Å². The number of hydrogen-bond acceptors (Lipinski definition) is 5. The highest BCUT2D eigenvalue weighted by molar-refractivity contribution is 6.05. The van der Waals surface area contributed by atoms with Crippen LogP contribution in [0.15, 0.2) is 66.7 Å². The molecule has 6 heteroatoms. The maximum absolute atomic E-state index is 12.7. The van der Waals surface area contributed by atoms with Crippen LogP contribution >= 0.6 is 0 Å². The van der Waals surface area contributed by atoms with Crippen LogP contribution in [0.4, 0.5) is 5.69 Å². The summed E-state index contributed by atoms with van der Waals surface area (Å²) in [5, 5.41) is 2.88. The van der Waals surface area contributed by atoms with Gasteiger partial charge in [0, 0.05) is 5.56 Å². The molecule has 4 rings (SSSR count). The molecule has 0 aromatic heterocycles. The van der Waals surface area contributed by atoms with Gasteiger partial charge in [-0.25, -0.2) is 0 Å². The first-order chi connectivity index (χ1) is 13.7. The molecule has 0 aliphatic carbocycles. The van der Waals surface area contributed by atoms with E-state index in [2.05, 4.69) is 5.32 Å². The maximum atomic E-state index is 12.7. The summed E-state index contributed by atoms with van der Waals surface area (Å²) in [5.41, 5.74) is 1.04. The Balaban J connectivity index is 1.50. The van der Waals surface area contributed by atoms with E-state index >= 15 is 0 Å². The first-order valence-electron chi connectivity index (χ1n) is 8.93. The molecule has 1 aliphatic rings. The van der Waals surface area contributed by atoms with Gasteiger partial charge in [-0.1, -0.05) is 12.1 Å². The van der Waals surface area contributed by atoms with E-state index in [4.69, 9.17) is 18.9 Å². The quantitative estimate of drug-likeness (QED) is 0.665. The van der Waals surface area contributed by atoms with E-state index in [0.717, 1.165) is 5.75 Å². The Morgan fingerprint density at radius 1 is 0.964 bits per heavy atom. The Hall–Kier alpha value is -3.67. The fraction of sp³-hybridized carbons (Fsp3) is 0.136. The van der Waals surface area contributed by atoms with Crippen molar-refractivity contribution in [3.05, 3.63) is 72.3 Å². The summed E-state index contributed by atoms with van der Waals surface area (Å²) in [7, 11) is 0. The predicted molar refractivity (Wildman–Crippen MR) is 105 cm³/mol. The van der Waals surface area contributed by atoms with Crippen molar-refractivity contribution < 1.29 is 23.7 Å². The molecule has 142 valence electrons. The van der Waals surface area contributed by atoms with Crippen molar-refractivity contribution in [2.75, 3.05) is 18.7 Å². The van der Waals surface area contributed by atoms with Crippen LogP contribution in [0.3, 0.4) is 0 Å². The van der Waals surface area contributed by atoms with Gasteiger partial charge in [-0.05, 0) is 61.5 Å². The Kier molecular flexibility index (Phi) is 5.01. The van der Waals surface area contributed by atoms with Gasteiger partial charge in [0.1, 0.15) is 11.5 Å². The van der Waals surface area contributed by atoms with Gasteiger partial charge in [-0.15, -0.1) is 0 Å². The van der Waals surface area contributed by atoms with E-state index in [1.807, 2.05) is 43.3 Å². The van der Waals surface area contributed by atoms with Crippen molar-refractivity contribution in [2.24, 2.45) is 0 Å². The average Bonchev–Trinajstić information content (AvgIpc) is 3.19. The normalized spacial score (nSPS) is 11.8. The molecule has 1 aliphatic heterocycles. The molecule has 1 amide bonds. The second kappa shape index (κ2) is 7.92. The van der Waals surface area contributed by atoms with Crippen molar-refractivity contribution in [1.82, 2.24) is 0 Å². The number of nitrogens with one attached hydrogen (secondary N) is 1. The second-order valence-electron chi connectivity index (χ2n) is 6.02. The molecular weight excluding hydrogens is 358 g/mol. The summed E-state index contributed by atoms with van der Waals surface area (Å²) >= 11 is 0. The Morgan fingerprint density at radius 2 is 1.71 bits per heavy atom. The van der Waals surface area contributed by atoms with Crippen molar-refractivity contribution in [1.29, 1.82) is 0 Å². The van der Waals surface area contributed by atoms with Crippen molar-refractivity contribution in [2.45, 2.75) is 6.92 Å². The molecule has 3 aromatic rings. The third-order valence-electron chi connectivity index (χ3n) is 4.13. The lowest BCUT2D eigenvalue weighted by Crippen LogP contribution is -2.12. The standard InChI is InChI=1S/C22H19NO5/c1-2-25-16-8-10-17(11-9-16)28-19-6-4-3-5-18(19)23-22(24)15-7-12-20-21(13-15)27-14-26-20/h3-13H,2,14H2,1H3,(H,23,24). The van der Waals surface area contributed by atoms with E-state index < -0.39 is 0 Å². The topological polar surface area (TPSA) is 66.0 Å². The first-order valence-corrected chi connectivity index (χ1v) is 8.93. The van der Waals surface area contributed by atoms with Crippen molar-refractivity contribution >= 4 is 11.6 Å². The summed E-state index contributed by atoms with van der Waals surface area (Å²) in [6, 6.07) is 19.7. The van der Waals surface area contributed by atoms with Gasteiger partial charge in [0.15, 0.2) is 17.2 Å². The SMILES string of the molecule is CCOc1ccc(Oc2ccccc2NC(=O)c2ccc3c(c2)OCO3)cc1. The Labute approximate surface area is 162 Å². The molecule has 6 nitrogen and oxygen atoms in total. The highest BCUT2D eigenvalue weighted by atomic mass is 16.7. The molecule has 0 bridgehead atoms. The van der Waals surface area contributed by atoms with Gasteiger partial charge in [0.05, 0.1) is 12.3 Å². The van der Waals surface area contributed by atoms with Crippen LogP contribution < -0.4 is 24.3 Å². The highest BCUT2D eigenvalue weighted by Gasteiger charge is 2.17. The zero-order valence-electron chi connectivity index (χ0n) is 15.3. The predicted octanol–water partition coefficient (Wildman–Crippen LogP) is 4.86. The number of rotatable bonds is 6. The number of hydrogen-bond donors (Lipinski definition) is 1. The lowest BCUT2D eigenvalue weighted by molar-refractivity contribution is 0.102. The first kappa shape index (κ1) is 17.7. The third kappa shape index (κ3) is 3.86. The van der Waals surface area contributed by atoms with Crippen LogP contribution in [0.1, 0.15) is 17.3 Å². The minimum absolute atomic E-state index is 0.166. The smallest absolute Gasteiger partial charge is 0.255 e. The molecule has 0 spiro atoms. The van der Waals surface area contributed by atoms with E-state index in [9.17, 15) is 4.79 Å². The number of ether oxygens (including phenoxy) is 4. The van der Waals surface area contributed by atoms with Gasteiger partial charge in [-0.3, -0.25) is 4.79 Å². The number of carbonyl (C=O) groups is 1. The van der Waals surface area contributed by atoms with Gasteiger partial charge >= 0.3 is 0 Å². The number of anilines is 1. The molecule has 1 heterocycles. The maximum Gasteiger partial charge on any atom is 0.255 e. The summed E-state index contributed by atoms with van der Waals surface area (Å²) in [6.07, 6.45) is 0. The lowest BCUT2D eigenvalue weighted by atomic mass is 10.2. The minimum atomic E-state index is -0.263. The molecule has 1 N–H and O–H groups in total. The number of amides is 1. The molecule has 0 fully saturated rings. The van der Waals surface area contributed by atoms with E-state index in [1.165, 1.54) is 0 Å². The number of fused-ring (bicyclic) bond motifs is 1. The minimum Gasteiger partial charge on any atom is -0.494 e. The molecular formula is C22H19NO5. The van der Waals surface area contributed by atoms with E-state index in [1.54, 1.807) is 30.3 Å². The molecule has 0 radical (unpaired) electrons. The average molecular weight is 377 g/mol. The van der Waals surface area contributed by atoms with Gasteiger partial charge in [0.2, 0.25) is 6.79 Å². The van der Waals surface area contributed by atoms with Crippen LogP contribution in [0, 0.1) is 0 Å². The Morgan fingerprint density at radius 3 is 2.54 bits per heavy atom. The van der Waals surface area contributed by atoms with Crippen molar-refractivity contribution in [3.8, 4) is 28.7 Å². The largest absolute Gasteiger partial charge is 0.494 e. The van der Waals surface area contributed by atoms with Crippen LogP contribution in [0.2, 0.25) is 0 Å². The zero-order chi connectivity index (χ0) is 19.3. The Bertz CT molecular complexity index is 984. The monoisotopic (exact) mass is 377 g/mol. The molecule has 0 saturated heterocycles. The summed E-state index contributed by atoms with van der Waals surface area (Å²) < 4.78 is 22.0. The molecule has 0 atom stereocenters. The third-order valence-corrected chi connectivity index (χ3v) is 4.13. The van der Waals surface area contributed by atoms with Crippen LogP contribution in [-0.4, -0.2) is 19.3 Å². The number of para-hydroxylation sites is 2. The highest BCUT2D eigenvalue weighted by Crippen LogP contribution is 2.34. The number of benzene rings is 3. The molecule has 0 saturated carbocycles.